The first-order chi connectivity index (χ1) is 10.8. The number of hydrogen-bond donors (Lipinski definition) is 2. The summed E-state index contributed by atoms with van der Waals surface area (Å²) in [5, 5.41) is 12.7. The zero-order valence-electron chi connectivity index (χ0n) is 12.4. The van der Waals surface area contributed by atoms with Crippen molar-refractivity contribution in [1.29, 1.82) is 0 Å². The highest BCUT2D eigenvalue weighted by molar-refractivity contribution is 5.37. The molecule has 0 saturated heterocycles. The zero-order chi connectivity index (χ0) is 15.4. The van der Waals surface area contributed by atoms with Crippen molar-refractivity contribution in [3.8, 4) is 5.75 Å². The van der Waals surface area contributed by atoms with Gasteiger partial charge in [-0.25, -0.2) is 4.39 Å². The van der Waals surface area contributed by atoms with Gasteiger partial charge in [-0.2, -0.15) is 0 Å². The minimum Gasteiger partial charge on any atom is -0.493 e. The molecule has 3 rings (SSSR count). The molecule has 22 heavy (non-hydrogen) atoms. The van der Waals surface area contributed by atoms with Crippen LogP contribution in [0.1, 0.15) is 35.6 Å². The van der Waals surface area contributed by atoms with E-state index in [9.17, 15) is 9.50 Å². The number of ether oxygens (including phenoxy) is 1. The van der Waals surface area contributed by atoms with Crippen LogP contribution in [0, 0.1) is 5.82 Å². The smallest absolute Gasteiger partial charge is 0.126 e. The summed E-state index contributed by atoms with van der Waals surface area (Å²) >= 11 is 0. The summed E-state index contributed by atoms with van der Waals surface area (Å²) in [6, 6.07) is 12.8. The van der Waals surface area contributed by atoms with Crippen LogP contribution in [0.25, 0.3) is 0 Å². The maximum atomic E-state index is 13.4. The largest absolute Gasteiger partial charge is 0.493 e. The van der Waals surface area contributed by atoms with E-state index >= 15 is 0 Å². The molecular weight excluding hydrogens is 281 g/mol. The van der Waals surface area contributed by atoms with E-state index in [0.29, 0.717) is 18.9 Å². The highest BCUT2D eigenvalue weighted by Gasteiger charge is 2.19. The summed E-state index contributed by atoms with van der Waals surface area (Å²) < 4.78 is 19.0. The number of nitrogens with one attached hydrogen (secondary N) is 1. The third-order valence-corrected chi connectivity index (χ3v) is 3.97. The van der Waals surface area contributed by atoms with Gasteiger partial charge in [-0.15, -0.1) is 0 Å². The number of fused-ring (bicyclic) bond motifs is 1. The Morgan fingerprint density at radius 2 is 2.05 bits per heavy atom. The normalized spacial score (nSPS) is 17.5. The van der Waals surface area contributed by atoms with Crippen LogP contribution in [0.15, 0.2) is 42.5 Å². The van der Waals surface area contributed by atoms with Gasteiger partial charge in [-0.05, 0) is 30.0 Å². The van der Waals surface area contributed by atoms with Crippen LogP contribution in [-0.4, -0.2) is 11.7 Å². The van der Waals surface area contributed by atoms with Gasteiger partial charge in [0, 0.05) is 24.2 Å². The second-order valence-electron chi connectivity index (χ2n) is 5.58. The number of halogens is 1. The Morgan fingerprint density at radius 3 is 2.91 bits per heavy atom. The molecule has 0 saturated carbocycles. The van der Waals surface area contributed by atoms with Crippen molar-refractivity contribution in [2.24, 2.45) is 0 Å². The van der Waals surface area contributed by atoms with Gasteiger partial charge in [-0.1, -0.05) is 30.3 Å². The van der Waals surface area contributed by atoms with Crippen molar-refractivity contribution in [2.75, 3.05) is 6.61 Å². The standard InChI is InChI=1S/C18H20FNO2/c19-15-6-7-16-17(5-2-8-22-18(16)10-15)20-11-13-3-1-4-14(9-13)12-21/h1,3-4,6-7,9-10,17,20-21H,2,5,8,11-12H2/t17-/m0/s1. The lowest BCUT2D eigenvalue weighted by Crippen LogP contribution is -2.20. The Morgan fingerprint density at radius 1 is 1.18 bits per heavy atom. The molecule has 1 atom stereocenters. The monoisotopic (exact) mass is 301 g/mol. The van der Waals surface area contributed by atoms with Crippen molar-refractivity contribution in [3.05, 3.63) is 65.0 Å². The van der Waals surface area contributed by atoms with Crippen LogP contribution in [0.4, 0.5) is 4.39 Å². The van der Waals surface area contributed by atoms with Crippen LogP contribution in [-0.2, 0) is 13.2 Å². The molecule has 1 heterocycles. The van der Waals surface area contributed by atoms with Crippen molar-refractivity contribution in [1.82, 2.24) is 5.32 Å². The molecule has 0 fully saturated rings. The maximum Gasteiger partial charge on any atom is 0.126 e. The van der Waals surface area contributed by atoms with Gasteiger partial charge in [0.1, 0.15) is 11.6 Å². The molecule has 4 heteroatoms. The van der Waals surface area contributed by atoms with Crippen molar-refractivity contribution in [3.63, 3.8) is 0 Å². The molecule has 0 spiro atoms. The Kier molecular flexibility index (Phi) is 4.71. The average molecular weight is 301 g/mol. The van der Waals surface area contributed by atoms with Gasteiger partial charge >= 0.3 is 0 Å². The number of aliphatic hydroxyl groups excluding tert-OH is 1. The third-order valence-electron chi connectivity index (χ3n) is 3.97. The lowest BCUT2D eigenvalue weighted by Gasteiger charge is -2.18. The van der Waals surface area contributed by atoms with Crippen molar-refractivity contribution in [2.45, 2.75) is 32.0 Å². The molecule has 2 N–H and O–H groups in total. The predicted octanol–water partition coefficient (Wildman–Crippen LogP) is 3.32. The Hall–Kier alpha value is -1.91. The van der Waals surface area contributed by atoms with E-state index in [1.54, 1.807) is 6.07 Å². The molecule has 2 aromatic carbocycles. The van der Waals surface area contributed by atoms with E-state index in [4.69, 9.17) is 4.74 Å². The number of aliphatic hydroxyl groups is 1. The Bertz CT molecular complexity index is 645. The van der Waals surface area contributed by atoms with Crippen LogP contribution < -0.4 is 10.1 Å². The molecule has 0 radical (unpaired) electrons. The average Bonchev–Trinajstić information content (AvgIpc) is 2.74. The highest BCUT2D eigenvalue weighted by Crippen LogP contribution is 2.32. The van der Waals surface area contributed by atoms with Gasteiger partial charge in [0.05, 0.1) is 13.2 Å². The molecule has 2 aromatic rings. The molecular formula is C18H20FNO2. The second-order valence-corrected chi connectivity index (χ2v) is 5.58. The van der Waals surface area contributed by atoms with Gasteiger partial charge in [0.2, 0.25) is 0 Å². The first kappa shape index (κ1) is 15.0. The Labute approximate surface area is 129 Å². The lowest BCUT2D eigenvalue weighted by atomic mass is 10.0. The summed E-state index contributed by atoms with van der Waals surface area (Å²) in [6.45, 7) is 1.37. The van der Waals surface area contributed by atoms with Crippen LogP contribution in [0.3, 0.4) is 0 Å². The van der Waals surface area contributed by atoms with E-state index in [1.165, 1.54) is 12.1 Å². The van der Waals surface area contributed by atoms with Crippen LogP contribution in [0.2, 0.25) is 0 Å². The molecule has 116 valence electrons. The van der Waals surface area contributed by atoms with Gasteiger partial charge in [-0.3, -0.25) is 0 Å². The van der Waals surface area contributed by atoms with Gasteiger partial charge in [0.15, 0.2) is 0 Å². The van der Waals surface area contributed by atoms with Crippen LogP contribution >= 0.6 is 0 Å². The molecule has 0 aliphatic carbocycles. The van der Waals surface area contributed by atoms with Crippen LogP contribution in [0.5, 0.6) is 5.75 Å². The Balaban J connectivity index is 1.74. The molecule has 0 amide bonds. The van der Waals surface area contributed by atoms with Crippen molar-refractivity contribution >= 4 is 0 Å². The third kappa shape index (κ3) is 3.46. The fourth-order valence-corrected chi connectivity index (χ4v) is 2.84. The molecule has 0 aromatic heterocycles. The zero-order valence-corrected chi connectivity index (χ0v) is 12.4. The first-order valence-electron chi connectivity index (χ1n) is 7.60. The maximum absolute atomic E-state index is 13.4. The SMILES string of the molecule is OCc1cccc(CN[C@H]2CCCOc3cc(F)ccc32)c1. The predicted molar refractivity (Wildman–Crippen MR) is 83.1 cm³/mol. The molecule has 3 nitrogen and oxygen atoms in total. The fourth-order valence-electron chi connectivity index (χ4n) is 2.84. The van der Waals surface area contributed by atoms with Crippen molar-refractivity contribution < 1.29 is 14.2 Å². The highest BCUT2D eigenvalue weighted by atomic mass is 19.1. The molecule has 1 aliphatic rings. The van der Waals surface area contributed by atoms with E-state index in [0.717, 1.165) is 29.5 Å². The van der Waals surface area contributed by atoms with E-state index in [2.05, 4.69) is 5.32 Å². The topological polar surface area (TPSA) is 41.5 Å². The van der Waals surface area contributed by atoms with E-state index in [1.807, 2.05) is 24.3 Å². The minimum atomic E-state index is -0.268. The second kappa shape index (κ2) is 6.90. The first-order valence-corrected chi connectivity index (χ1v) is 7.60. The molecule has 0 unspecified atom stereocenters. The van der Waals surface area contributed by atoms with E-state index < -0.39 is 0 Å². The quantitative estimate of drug-likeness (QED) is 0.910. The summed E-state index contributed by atoms with van der Waals surface area (Å²) in [5.41, 5.74) is 3.04. The van der Waals surface area contributed by atoms with Gasteiger partial charge < -0.3 is 15.2 Å². The van der Waals surface area contributed by atoms with Gasteiger partial charge in [0.25, 0.3) is 0 Å². The number of benzene rings is 2. The molecule has 0 bridgehead atoms. The van der Waals surface area contributed by atoms with E-state index in [-0.39, 0.29) is 18.5 Å². The fraction of sp³-hybridized carbons (Fsp3) is 0.333. The summed E-state index contributed by atoms with van der Waals surface area (Å²) in [4.78, 5) is 0. The number of rotatable bonds is 4. The molecule has 1 aliphatic heterocycles. The number of hydrogen-bond acceptors (Lipinski definition) is 3. The summed E-state index contributed by atoms with van der Waals surface area (Å²) in [5.74, 6) is 0.370. The summed E-state index contributed by atoms with van der Waals surface area (Å²) in [6.07, 6.45) is 1.89. The lowest BCUT2D eigenvalue weighted by molar-refractivity contribution is 0.281. The summed E-state index contributed by atoms with van der Waals surface area (Å²) in [7, 11) is 0. The minimum absolute atomic E-state index is 0.0488.